The number of halogens is 2. The molecule has 1 saturated heterocycles. The molecule has 3 fully saturated rings. The van der Waals surface area contributed by atoms with E-state index in [-0.39, 0.29) is 49.1 Å². The average Bonchev–Trinajstić information content (AvgIpc) is 3.12. The van der Waals surface area contributed by atoms with E-state index in [0.717, 1.165) is 17.5 Å². The van der Waals surface area contributed by atoms with Crippen LogP contribution in [0.5, 0.6) is 0 Å². The zero-order valence-electron chi connectivity index (χ0n) is 20.7. The van der Waals surface area contributed by atoms with E-state index in [9.17, 15) is 28.3 Å². The number of nitrogens with zero attached hydrogens (tertiary/aromatic N) is 1. The van der Waals surface area contributed by atoms with Crippen LogP contribution < -0.4 is 10.6 Å². The Labute approximate surface area is 210 Å². The SMILES string of the molecule is C[C@]1(O)CC[C@H](NC2CCC(F)(F)CC2)[C@@H](Cc2ccc3c(c2)CN(C2CCC(=O)NC2=O)C3=O)C1. The van der Waals surface area contributed by atoms with Crippen molar-refractivity contribution in [1.29, 1.82) is 0 Å². The van der Waals surface area contributed by atoms with Gasteiger partial charge in [-0.1, -0.05) is 12.1 Å². The van der Waals surface area contributed by atoms with Gasteiger partial charge in [-0.25, -0.2) is 8.78 Å². The largest absolute Gasteiger partial charge is 0.390 e. The highest BCUT2D eigenvalue weighted by molar-refractivity contribution is 6.05. The van der Waals surface area contributed by atoms with E-state index < -0.39 is 23.5 Å². The van der Waals surface area contributed by atoms with Gasteiger partial charge in [-0.2, -0.15) is 0 Å². The monoisotopic (exact) mass is 503 g/mol. The van der Waals surface area contributed by atoms with Crippen LogP contribution in [0, 0.1) is 5.92 Å². The molecule has 0 aromatic heterocycles. The number of carbonyl (C=O) groups excluding carboxylic acids is 3. The quantitative estimate of drug-likeness (QED) is 0.537. The van der Waals surface area contributed by atoms with E-state index >= 15 is 0 Å². The van der Waals surface area contributed by atoms with Crippen LogP contribution in [-0.2, 0) is 22.6 Å². The van der Waals surface area contributed by atoms with Gasteiger partial charge in [0.05, 0.1) is 5.60 Å². The molecule has 0 spiro atoms. The van der Waals surface area contributed by atoms with Gasteiger partial charge in [-0.3, -0.25) is 19.7 Å². The summed E-state index contributed by atoms with van der Waals surface area (Å²) in [5.74, 6) is -3.35. The summed E-state index contributed by atoms with van der Waals surface area (Å²) in [6.45, 7) is 2.19. The number of hydrogen-bond acceptors (Lipinski definition) is 5. The maximum atomic E-state index is 13.6. The lowest BCUT2D eigenvalue weighted by molar-refractivity contribution is -0.136. The Hall–Kier alpha value is -2.39. The first-order valence-electron chi connectivity index (χ1n) is 13.1. The summed E-state index contributed by atoms with van der Waals surface area (Å²) in [4.78, 5) is 38.4. The molecular formula is C27H35F2N3O4. The molecule has 3 N–H and O–H groups in total. The molecule has 7 nitrogen and oxygen atoms in total. The molecule has 1 aromatic carbocycles. The van der Waals surface area contributed by atoms with Crippen LogP contribution in [0.25, 0.3) is 0 Å². The minimum Gasteiger partial charge on any atom is -0.390 e. The molecule has 1 aromatic rings. The van der Waals surface area contributed by atoms with E-state index in [1.54, 1.807) is 4.90 Å². The number of aliphatic hydroxyl groups is 1. The van der Waals surface area contributed by atoms with Crippen molar-refractivity contribution >= 4 is 17.7 Å². The molecule has 4 atom stereocenters. The van der Waals surface area contributed by atoms with Crippen molar-refractivity contribution in [3.8, 4) is 0 Å². The van der Waals surface area contributed by atoms with Gasteiger partial charge >= 0.3 is 0 Å². The highest BCUT2D eigenvalue weighted by atomic mass is 19.3. The number of fused-ring (bicyclic) bond motifs is 1. The molecule has 2 saturated carbocycles. The van der Waals surface area contributed by atoms with E-state index in [2.05, 4.69) is 10.6 Å². The molecule has 9 heteroatoms. The summed E-state index contributed by atoms with van der Waals surface area (Å²) in [5, 5.41) is 16.8. The first-order chi connectivity index (χ1) is 17.0. The molecule has 1 unspecified atom stereocenters. The topological polar surface area (TPSA) is 98.7 Å². The highest BCUT2D eigenvalue weighted by Gasteiger charge is 2.41. The minimum absolute atomic E-state index is 0.0693. The molecule has 3 amide bonds. The molecule has 0 bridgehead atoms. The van der Waals surface area contributed by atoms with Crippen molar-refractivity contribution in [2.75, 3.05) is 0 Å². The minimum atomic E-state index is -2.56. The van der Waals surface area contributed by atoms with Gasteiger partial charge in [-0.05, 0) is 75.0 Å². The van der Waals surface area contributed by atoms with Crippen molar-refractivity contribution < 1.29 is 28.3 Å². The van der Waals surface area contributed by atoms with Crippen molar-refractivity contribution in [3.63, 3.8) is 0 Å². The van der Waals surface area contributed by atoms with Gasteiger partial charge in [0.1, 0.15) is 6.04 Å². The number of piperidine rings is 1. The van der Waals surface area contributed by atoms with Crippen molar-refractivity contribution in [2.24, 2.45) is 5.92 Å². The number of rotatable bonds is 5. The van der Waals surface area contributed by atoms with Gasteiger partial charge < -0.3 is 15.3 Å². The summed E-state index contributed by atoms with van der Waals surface area (Å²) in [6, 6.07) is 5.32. The number of amides is 3. The number of imide groups is 1. The molecule has 2 heterocycles. The van der Waals surface area contributed by atoms with Gasteiger partial charge in [0.25, 0.3) is 5.91 Å². The maximum absolute atomic E-state index is 13.6. The molecule has 2 aliphatic heterocycles. The first-order valence-corrected chi connectivity index (χ1v) is 13.1. The highest BCUT2D eigenvalue weighted by Crippen LogP contribution is 2.38. The van der Waals surface area contributed by atoms with Crippen molar-refractivity contribution in [2.45, 2.75) is 107 Å². The van der Waals surface area contributed by atoms with Gasteiger partial charge in [0.2, 0.25) is 17.7 Å². The Bertz CT molecular complexity index is 1050. The molecule has 36 heavy (non-hydrogen) atoms. The first kappa shape index (κ1) is 25.3. The second-order valence-electron chi connectivity index (χ2n) is 11.5. The van der Waals surface area contributed by atoms with E-state index in [4.69, 9.17) is 0 Å². The predicted octanol–water partition coefficient (Wildman–Crippen LogP) is 3.08. The summed E-state index contributed by atoms with van der Waals surface area (Å²) >= 11 is 0. The fourth-order valence-corrected chi connectivity index (χ4v) is 6.51. The number of benzene rings is 1. The number of nitrogens with one attached hydrogen (secondary N) is 2. The fraction of sp³-hybridized carbons (Fsp3) is 0.667. The van der Waals surface area contributed by atoms with Crippen LogP contribution in [0.15, 0.2) is 18.2 Å². The van der Waals surface area contributed by atoms with Gasteiger partial charge in [0, 0.05) is 43.5 Å². The Morgan fingerprint density at radius 3 is 2.58 bits per heavy atom. The zero-order valence-corrected chi connectivity index (χ0v) is 20.7. The standard InChI is InChI=1S/C27H35F2N3O4/c1-26(36)9-8-21(30-19-6-10-27(28,29)11-7-19)17(14-26)12-16-2-3-20-18(13-16)15-32(25(20)35)22-4-5-23(33)31-24(22)34/h2-3,13,17,19,21-22,30,36H,4-12,14-15H2,1H3,(H,31,33,34)/t17-,21-,22?,26-/m0/s1. The van der Waals surface area contributed by atoms with Gasteiger partial charge in [0.15, 0.2) is 0 Å². The molecule has 2 aliphatic carbocycles. The lowest BCUT2D eigenvalue weighted by Crippen LogP contribution is -2.52. The van der Waals surface area contributed by atoms with Crippen molar-refractivity contribution in [1.82, 2.24) is 15.5 Å². The summed E-state index contributed by atoms with van der Waals surface area (Å²) < 4.78 is 27.2. The van der Waals surface area contributed by atoms with Gasteiger partial charge in [-0.15, -0.1) is 0 Å². The Morgan fingerprint density at radius 1 is 1.11 bits per heavy atom. The van der Waals surface area contributed by atoms with E-state index in [0.29, 0.717) is 50.6 Å². The normalized spacial score (nSPS) is 32.9. The predicted molar refractivity (Wildman–Crippen MR) is 128 cm³/mol. The van der Waals surface area contributed by atoms with Crippen molar-refractivity contribution in [3.05, 3.63) is 34.9 Å². The fourth-order valence-electron chi connectivity index (χ4n) is 6.51. The van der Waals surface area contributed by atoms with Crippen LogP contribution >= 0.6 is 0 Å². The molecule has 0 radical (unpaired) electrons. The van der Waals surface area contributed by atoms with Crippen LogP contribution in [0.1, 0.15) is 86.2 Å². The Balaban J connectivity index is 1.28. The van der Waals surface area contributed by atoms with Crippen LogP contribution in [0.4, 0.5) is 8.78 Å². The Kier molecular flexibility index (Phi) is 6.66. The van der Waals surface area contributed by atoms with E-state index in [1.165, 1.54) is 0 Å². The number of hydrogen-bond donors (Lipinski definition) is 3. The van der Waals surface area contributed by atoms with Crippen LogP contribution in [0.2, 0.25) is 0 Å². The molecular weight excluding hydrogens is 468 g/mol. The third kappa shape index (κ3) is 5.32. The molecule has 4 aliphatic rings. The lowest BCUT2D eigenvalue weighted by atomic mass is 9.73. The zero-order chi connectivity index (χ0) is 25.7. The van der Waals surface area contributed by atoms with Crippen LogP contribution in [-0.4, -0.2) is 57.4 Å². The number of carbonyl (C=O) groups is 3. The number of alkyl halides is 2. The third-order valence-electron chi connectivity index (χ3n) is 8.52. The maximum Gasteiger partial charge on any atom is 0.255 e. The van der Waals surface area contributed by atoms with Crippen LogP contribution in [0.3, 0.4) is 0 Å². The summed E-state index contributed by atoms with van der Waals surface area (Å²) in [6.07, 6.45) is 4.09. The smallest absolute Gasteiger partial charge is 0.255 e. The second kappa shape index (κ2) is 9.49. The average molecular weight is 504 g/mol. The Morgan fingerprint density at radius 2 is 1.86 bits per heavy atom. The lowest BCUT2D eigenvalue weighted by Gasteiger charge is -2.43. The molecule has 5 rings (SSSR count). The summed E-state index contributed by atoms with van der Waals surface area (Å²) in [7, 11) is 0. The second-order valence-corrected chi connectivity index (χ2v) is 11.5. The van der Waals surface area contributed by atoms with E-state index in [1.807, 2.05) is 25.1 Å². The molecule has 196 valence electrons. The summed E-state index contributed by atoms with van der Waals surface area (Å²) in [5.41, 5.74) is 1.73. The third-order valence-corrected chi connectivity index (χ3v) is 8.52.